The van der Waals surface area contributed by atoms with E-state index < -0.39 is 0 Å². The summed E-state index contributed by atoms with van der Waals surface area (Å²) in [5.74, 6) is 0.702. The molecule has 1 heterocycles. The minimum absolute atomic E-state index is 0.0106. The molecule has 0 radical (unpaired) electrons. The lowest BCUT2D eigenvalue weighted by atomic mass is 9.93. The molecule has 5 nitrogen and oxygen atoms in total. The van der Waals surface area contributed by atoms with Crippen molar-refractivity contribution in [1.82, 2.24) is 15.6 Å². The largest absolute Gasteiger partial charge is 0.474 e. The van der Waals surface area contributed by atoms with Crippen molar-refractivity contribution in [3.63, 3.8) is 0 Å². The Balaban J connectivity index is 1.37. The van der Waals surface area contributed by atoms with Gasteiger partial charge in [0.25, 0.3) is 0 Å². The fourth-order valence-electron chi connectivity index (χ4n) is 3.86. The van der Waals surface area contributed by atoms with Gasteiger partial charge in [-0.1, -0.05) is 31.7 Å². The third-order valence-electron chi connectivity index (χ3n) is 5.37. The van der Waals surface area contributed by atoms with E-state index in [1.807, 2.05) is 25.3 Å². The van der Waals surface area contributed by atoms with Crippen LogP contribution < -0.4 is 15.4 Å². The van der Waals surface area contributed by atoms with Crippen molar-refractivity contribution in [3.8, 4) is 5.88 Å². The lowest BCUT2D eigenvalue weighted by Gasteiger charge is -2.29. The first-order valence-corrected chi connectivity index (χ1v) is 9.85. The molecule has 25 heavy (non-hydrogen) atoms. The topological polar surface area (TPSA) is 63.2 Å². The van der Waals surface area contributed by atoms with Crippen LogP contribution >= 0.6 is 0 Å². The van der Waals surface area contributed by atoms with Gasteiger partial charge in [-0.15, -0.1) is 0 Å². The average molecular weight is 345 g/mol. The Morgan fingerprint density at radius 1 is 0.960 bits per heavy atom. The second-order valence-electron chi connectivity index (χ2n) is 7.57. The van der Waals surface area contributed by atoms with Crippen LogP contribution in [-0.2, 0) is 0 Å². The number of hydrogen-bond donors (Lipinski definition) is 2. The number of carbonyl (C=O) groups excluding carboxylic acids is 1. The van der Waals surface area contributed by atoms with Crippen LogP contribution in [0.4, 0.5) is 4.79 Å². The van der Waals surface area contributed by atoms with Gasteiger partial charge in [0.1, 0.15) is 6.10 Å². The minimum Gasteiger partial charge on any atom is -0.474 e. The fraction of sp³-hybridized carbons (Fsp3) is 0.700. The summed E-state index contributed by atoms with van der Waals surface area (Å²) in [5, 5.41) is 6.33. The molecule has 0 aromatic carbocycles. The van der Waals surface area contributed by atoms with Gasteiger partial charge in [0, 0.05) is 24.3 Å². The van der Waals surface area contributed by atoms with Gasteiger partial charge < -0.3 is 15.4 Å². The van der Waals surface area contributed by atoms with E-state index in [1.165, 1.54) is 25.7 Å². The molecule has 0 atom stereocenters. The fourth-order valence-corrected chi connectivity index (χ4v) is 3.86. The van der Waals surface area contributed by atoms with Crippen LogP contribution in [-0.4, -0.2) is 29.2 Å². The summed E-state index contributed by atoms with van der Waals surface area (Å²) in [6.45, 7) is 2.02. The van der Waals surface area contributed by atoms with Crippen molar-refractivity contribution in [2.75, 3.05) is 0 Å². The van der Waals surface area contributed by atoms with Gasteiger partial charge >= 0.3 is 6.03 Å². The number of aromatic nitrogens is 1. The van der Waals surface area contributed by atoms with E-state index in [0.29, 0.717) is 11.9 Å². The zero-order valence-electron chi connectivity index (χ0n) is 15.3. The highest BCUT2D eigenvalue weighted by molar-refractivity contribution is 5.74. The number of amides is 2. The maximum atomic E-state index is 12.2. The van der Waals surface area contributed by atoms with Crippen LogP contribution in [0.5, 0.6) is 5.88 Å². The van der Waals surface area contributed by atoms with Gasteiger partial charge in [-0.05, 0) is 51.0 Å². The molecule has 0 unspecified atom stereocenters. The van der Waals surface area contributed by atoms with Gasteiger partial charge in [0.15, 0.2) is 0 Å². The first-order valence-electron chi connectivity index (χ1n) is 9.85. The average Bonchev–Trinajstić information content (AvgIpc) is 2.87. The van der Waals surface area contributed by atoms with Crippen molar-refractivity contribution in [2.24, 2.45) is 0 Å². The number of pyridine rings is 1. The van der Waals surface area contributed by atoms with E-state index in [0.717, 1.165) is 44.1 Å². The Bertz CT molecular complexity index is 530. The predicted octanol–water partition coefficient (Wildman–Crippen LogP) is 4.10. The lowest BCUT2D eigenvalue weighted by Crippen LogP contribution is -2.47. The zero-order chi connectivity index (χ0) is 17.5. The zero-order valence-corrected chi connectivity index (χ0v) is 15.3. The molecule has 2 amide bonds. The van der Waals surface area contributed by atoms with E-state index >= 15 is 0 Å². The monoisotopic (exact) mass is 345 g/mol. The quantitative estimate of drug-likeness (QED) is 0.808. The van der Waals surface area contributed by atoms with Crippen LogP contribution in [0.15, 0.2) is 18.3 Å². The smallest absolute Gasteiger partial charge is 0.315 e. The molecular weight excluding hydrogens is 314 g/mol. The first-order chi connectivity index (χ1) is 12.2. The number of nitrogens with zero attached hydrogens (tertiary/aromatic N) is 1. The molecule has 1 aromatic rings. The molecular formula is C20H31N3O2. The van der Waals surface area contributed by atoms with Crippen molar-refractivity contribution in [2.45, 2.75) is 89.3 Å². The van der Waals surface area contributed by atoms with Crippen molar-refractivity contribution in [3.05, 3.63) is 23.9 Å². The Hall–Kier alpha value is -1.78. The molecule has 138 valence electrons. The third kappa shape index (κ3) is 5.91. The summed E-state index contributed by atoms with van der Waals surface area (Å²) in [7, 11) is 0. The van der Waals surface area contributed by atoms with Gasteiger partial charge in [-0.2, -0.15) is 0 Å². The number of hydrogen-bond acceptors (Lipinski definition) is 3. The second kappa shape index (κ2) is 9.07. The van der Waals surface area contributed by atoms with E-state index in [2.05, 4.69) is 15.6 Å². The van der Waals surface area contributed by atoms with E-state index in [-0.39, 0.29) is 18.2 Å². The molecule has 3 rings (SSSR count). The molecule has 1 aromatic heterocycles. The normalized spacial score (nSPS) is 25.0. The van der Waals surface area contributed by atoms with Gasteiger partial charge in [-0.25, -0.2) is 9.78 Å². The Morgan fingerprint density at radius 3 is 2.20 bits per heavy atom. The first kappa shape index (κ1) is 18.0. The molecule has 0 spiro atoms. The molecule has 5 heteroatoms. The number of nitrogens with one attached hydrogen (secondary N) is 2. The van der Waals surface area contributed by atoms with Crippen LogP contribution in [0, 0.1) is 6.92 Å². The van der Waals surface area contributed by atoms with Crippen LogP contribution in [0.25, 0.3) is 0 Å². The molecule has 2 N–H and O–H groups in total. The predicted molar refractivity (Wildman–Crippen MR) is 98.8 cm³/mol. The highest BCUT2D eigenvalue weighted by Gasteiger charge is 2.24. The summed E-state index contributed by atoms with van der Waals surface area (Å²) in [5.41, 5.74) is 1.14. The standard InChI is InChI=1S/C20H31N3O2/c1-15-8-13-19(21-14-15)25-18-11-9-17(10-12-18)23-20(24)22-16-6-4-2-3-5-7-16/h8,13-14,16-18H,2-7,9-12H2,1H3,(H2,22,23,24). The lowest BCUT2D eigenvalue weighted by molar-refractivity contribution is 0.134. The SMILES string of the molecule is Cc1ccc(OC2CCC(NC(=O)NC3CCCCCC3)CC2)nc1. The van der Waals surface area contributed by atoms with Crippen molar-refractivity contribution < 1.29 is 9.53 Å². The van der Waals surface area contributed by atoms with Crippen LogP contribution in [0.2, 0.25) is 0 Å². The van der Waals surface area contributed by atoms with Gasteiger partial charge in [-0.3, -0.25) is 0 Å². The van der Waals surface area contributed by atoms with Crippen LogP contribution in [0.1, 0.15) is 69.8 Å². The van der Waals surface area contributed by atoms with E-state index in [1.54, 1.807) is 0 Å². The summed E-state index contributed by atoms with van der Waals surface area (Å²) in [6, 6.07) is 4.58. The number of aryl methyl sites for hydroxylation is 1. The third-order valence-corrected chi connectivity index (χ3v) is 5.37. The molecule has 0 saturated heterocycles. The van der Waals surface area contributed by atoms with Gasteiger partial charge in [0.05, 0.1) is 0 Å². The molecule has 2 aliphatic carbocycles. The number of carbonyl (C=O) groups is 1. The Labute approximate surface area is 150 Å². The summed E-state index contributed by atoms with van der Waals surface area (Å²) >= 11 is 0. The van der Waals surface area contributed by atoms with E-state index in [4.69, 9.17) is 4.74 Å². The highest BCUT2D eigenvalue weighted by atomic mass is 16.5. The maximum absolute atomic E-state index is 12.2. The number of rotatable bonds is 4. The molecule has 2 aliphatic rings. The molecule has 0 aliphatic heterocycles. The van der Waals surface area contributed by atoms with E-state index in [9.17, 15) is 4.79 Å². The summed E-state index contributed by atoms with van der Waals surface area (Å²) < 4.78 is 5.96. The Kier molecular flexibility index (Phi) is 6.54. The van der Waals surface area contributed by atoms with Crippen molar-refractivity contribution in [1.29, 1.82) is 0 Å². The number of urea groups is 1. The molecule has 2 saturated carbocycles. The highest BCUT2D eigenvalue weighted by Crippen LogP contribution is 2.23. The summed E-state index contributed by atoms with van der Waals surface area (Å²) in [6.07, 6.45) is 13.2. The number of ether oxygens (including phenoxy) is 1. The Morgan fingerprint density at radius 2 is 1.60 bits per heavy atom. The molecule has 2 fully saturated rings. The molecule has 0 bridgehead atoms. The summed E-state index contributed by atoms with van der Waals surface area (Å²) in [4.78, 5) is 16.5. The van der Waals surface area contributed by atoms with Gasteiger partial charge in [0.2, 0.25) is 5.88 Å². The van der Waals surface area contributed by atoms with Crippen LogP contribution in [0.3, 0.4) is 0 Å². The van der Waals surface area contributed by atoms with Crippen molar-refractivity contribution >= 4 is 6.03 Å². The second-order valence-corrected chi connectivity index (χ2v) is 7.57. The maximum Gasteiger partial charge on any atom is 0.315 e. The minimum atomic E-state index is 0.0106.